The van der Waals surface area contributed by atoms with Crippen molar-refractivity contribution in [1.29, 1.82) is 0 Å². The number of esters is 3. The zero-order chi connectivity index (χ0) is 58.5. The summed E-state index contributed by atoms with van der Waals surface area (Å²) in [5, 5.41) is 0. The van der Waals surface area contributed by atoms with Crippen LogP contribution < -0.4 is 0 Å². The largest absolute Gasteiger partial charge is 0.462 e. The van der Waals surface area contributed by atoms with Gasteiger partial charge in [0.1, 0.15) is 13.2 Å². The lowest BCUT2D eigenvalue weighted by molar-refractivity contribution is -0.167. The summed E-state index contributed by atoms with van der Waals surface area (Å²) in [7, 11) is 0. The van der Waals surface area contributed by atoms with Crippen molar-refractivity contribution in [2.24, 2.45) is 0 Å². The Balaban J connectivity index is 4.42. The second kappa shape index (κ2) is 68.6. The van der Waals surface area contributed by atoms with Crippen LogP contribution >= 0.6 is 0 Å². The lowest BCUT2D eigenvalue weighted by Gasteiger charge is -2.18. The van der Waals surface area contributed by atoms with Crippen LogP contribution in [0.5, 0.6) is 0 Å². The molecule has 0 saturated carbocycles. The van der Waals surface area contributed by atoms with Crippen molar-refractivity contribution in [3.63, 3.8) is 0 Å². The van der Waals surface area contributed by atoms with Crippen LogP contribution in [0.3, 0.4) is 0 Å². The summed E-state index contributed by atoms with van der Waals surface area (Å²) < 4.78 is 16.9. The van der Waals surface area contributed by atoms with Crippen molar-refractivity contribution < 1.29 is 28.6 Å². The molecular weight excluding hydrogens is 997 g/mol. The molecule has 0 aromatic heterocycles. The summed E-state index contributed by atoms with van der Waals surface area (Å²) in [6.07, 6.45) is 93.9. The van der Waals surface area contributed by atoms with E-state index in [4.69, 9.17) is 14.2 Å². The molecule has 81 heavy (non-hydrogen) atoms. The Kier molecular flexibility index (Phi) is 65.2. The lowest BCUT2D eigenvalue weighted by atomic mass is 10.0. The number of carbonyl (C=O) groups excluding carboxylic acids is 3. The maximum absolute atomic E-state index is 12.9. The Morgan fingerprint density at radius 1 is 0.259 bits per heavy atom. The second-order valence-electron chi connectivity index (χ2n) is 22.7. The van der Waals surface area contributed by atoms with Crippen LogP contribution in [0.4, 0.5) is 0 Å². The summed E-state index contributed by atoms with van der Waals surface area (Å²) >= 11 is 0. The molecule has 1 unspecified atom stereocenters. The molecule has 0 spiro atoms. The van der Waals surface area contributed by atoms with Gasteiger partial charge in [-0.1, -0.05) is 291 Å². The van der Waals surface area contributed by atoms with Gasteiger partial charge in [-0.3, -0.25) is 14.4 Å². The molecule has 1 atom stereocenters. The van der Waals surface area contributed by atoms with E-state index in [1.54, 1.807) is 0 Å². The molecule has 0 N–H and O–H groups in total. The first-order valence-electron chi connectivity index (χ1n) is 34.4. The van der Waals surface area contributed by atoms with Gasteiger partial charge in [0, 0.05) is 19.3 Å². The van der Waals surface area contributed by atoms with Crippen LogP contribution in [0.1, 0.15) is 329 Å². The number of allylic oxidation sites excluding steroid dienone is 18. The van der Waals surface area contributed by atoms with Gasteiger partial charge in [-0.25, -0.2) is 0 Å². The minimum absolute atomic E-state index is 0.0981. The van der Waals surface area contributed by atoms with Gasteiger partial charge in [0.2, 0.25) is 0 Å². The molecule has 6 heteroatoms. The average molecular weight is 1130 g/mol. The number of rotatable bonds is 62. The average Bonchev–Trinajstić information content (AvgIpc) is 3.47. The van der Waals surface area contributed by atoms with Crippen LogP contribution in [0.2, 0.25) is 0 Å². The highest BCUT2D eigenvalue weighted by Gasteiger charge is 2.19. The zero-order valence-electron chi connectivity index (χ0n) is 53.3. The Hall–Kier alpha value is -3.93. The molecule has 0 radical (unpaired) electrons. The van der Waals surface area contributed by atoms with Gasteiger partial charge >= 0.3 is 17.9 Å². The van der Waals surface area contributed by atoms with E-state index in [9.17, 15) is 14.4 Å². The van der Waals surface area contributed by atoms with Crippen molar-refractivity contribution in [2.75, 3.05) is 13.2 Å². The molecule has 0 heterocycles. The van der Waals surface area contributed by atoms with Gasteiger partial charge in [0.05, 0.1) is 0 Å². The van der Waals surface area contributed by atoms with Crippen molar-refractivity contribution in [3.05, 3.63) is 109 Å². The van der Waals surface area contributed by atoms with Gasteiger partial charge in [0.15, 0.2) is 6.10 Å². The van der Waals surface area contributed by atoms with E-state index in [1.165, 1.54) is 180 Å². The highest BCUT2D eigenvalue weighted by atomic mass is 16.6. The van der Waals surface area contributed by atoms with Crippen LogP contribution in [-0.4, -0.2) is 37.2 Å². The van der Waals surface area contributed by atoms with Crippen LogP contribution in [0.15, 0.2) is 109 Å². The van der Waals surface area contributed by atoms with Gasteiger partial charge < -0.3 is 14.2 Å². The predicted molar refractivity (Wildman–Crippen MR) is 353 cm³/mol. The van der Waals surface area contributed by atoms with Crippen molar-refractivity contribution in [3.8, 4) is 0 Å². The molecule has 0 amide bonds. The first-order chi connectivity index (χ1) is 40.0. The Morgan fingerprint density at radius 3 is 0.815 bits per heavy atom. The number of hydrogen-bond acceptors (Lipinski definition) is 6. The summed E-state index contributed by atoms with van der Waals surface area (Å²) in [5.41, 5.74) is 0. The molecule has 464 valence electrons. The topological polar surface area (TPSA) is 78.9 Å². The fraction of sp³-hybridized carbons (Fsp3) is 0.720. The van der Waals surface area contributed by atoms with Gasteiger partial charge in [-0.15, -0.1) is 0 Å². The van der Waals surface area contributed by atoms with Crippen molar-refractivity contribution in [2.45, 2.75) is 335 Å². The third-order valence-electron chi connectivity index (χ3n) is 14.7. The minimum Gasteiger partial charge on any atom is -0.462 e. The lowest BCUT2D eigenvalue weighted by Crippen LogP contribution is -2.30. The molecule has 0 aliphatic carbocycles. The molecule has 0 aromatic carbocycles. The molecule has 0 bridgehead atoms. The number of carbonyl (C=O) groups is 3. The second-order valence-corrected chi connectivity index (χ2v) is 22.7. The molecule has 0 aliphatic heterocycles. The molecule has 0 aliphatic rings. The summed E-state index contributed by atoms with van der Waals surface area (Å²) in [6.45, 7) is 6.49. The normalized spacial score (nSPS) is 12.8. The number of hydrogen-bond donors (Lipinski definition) is 0. The molecule has 0 saturated heterocycles. The Morgan fingerprint density at radius 2 is 0.481 bits per heavy atom. The van der Waals surface area contributed by atoms with Crippen LogP contribution in [-0.2, 0) is 28.6 Å². The highest BCUT2D eigenvalue weighted by Crippen LogP contribution is 2.16. The molecule has 0 fully saturated rings. The zero-order valence-corrected chi connectivity index (χ0v) is 53.3. The Labute approximate surface area is 501 Å². The summed E-state index contributed by atoms with van der Waals surface area (Å²) in [4.78, 5) is 38.4. The fourth-order valence-corrected chi connectivity index (χ4v) is 9.59. The first-order valence-corrected chi connectivity index (χ1v) is 34.4. The van der Waals surface area contributed by atoms with E-state index >= 15 is 0 Å². The van der Waals surface area contributed by atoms with Gasteiger partial charge in [0.25, 0.3) is 0 Å². The maximum Gasteiger partial charge on any atom is 0.306 e. The third-order valence-corrected chi connectivity index (χ3v) is 14.7. The van der Waals surface area contributed by atoms with Crippen molar-refractivity contribution >= 4 is 17.9 Å². The minimum atomic E-state index is -0.808. The summed E-state index contributed by atoms with van der Waals surface area (Å²) in [6, 6.07) is 0. The standard InChI is InChI=1S/C75H128O6/c1-4-7-10-13-16-19-22-25-28-31-33-35-36-37-38-40-41-44-47-50-53-56-59-62-65-68-74(77)80-71-72(70-79-73(76)67-64-61-58-55-52-49-46-43-30-27-24-21-18-15-12-9-6-3)81-75(78)69-66-63-60-57-54-51-48-45-42-39-34-32-29-26-23-20-17-14-11-8-5-2/h8,11,17-18,20-21,26-27,29-31,33-34,39,45,48,54,57,72H,4-7,9-10,12-16,19,22-25,28,32,35-38,40-44,46-47,49-53,55-56,58-71H2,1-3H3/b11-8-,20-17-,21-18-,29-26-,30-27-,33-31-,39-34-,48-45-,57-54-. The first kappa shape index (κ1) is 77.1. The third kappa shape index (κ3) is 66.8. The van der Waals surface area contributed by atoms with E-state index < -0.39 is 6.10 Å². The number of ether oxygens (including phenoxy) is 3. The van der Waals surface area contributed by atoms with Gasteiger partial charge in [-0.2, -0.15) is 0 Å². The van der Waals surface area contributed by atoms with E-state index in [1.807, 2.05) is 0 Å². The smallest absolute Gasteiger partial charge is 0.306 e. The van der Waals surface area contributed by atoms with E-state index in [0.29, 0.717) is 19.3 Å². The SMILES string of the molecule is CC/C=C\C/C=C\C/C=C\C/C=C\C/C=C\C/C=C\CCCCC(=O)OC(COC(=O)CCCCCCCCC/C=C\C/C=C\CCCCC)COC(=O)CCCCCCCCCCCCCCC/C=C\CCCCCCCCCC. The molecule has 0 aromatic rings. The van der Waals surface area contributed by atoms with E-state index in [2.05, 4.69) is 130 Å². The fourth-order valence-electron chi connectivity index (χ4n) is 9.59. The van der Waals surface area contributed by atoms with Crippen LogP contribution in [0, 0.1) is 0 Å². The van der Waals surface area contributed by atoms with E-state index in [0.717, 1.165) is 103 Å². The maximum atomic E-state index is 12.9. The molecule has 0 rings (SSSR count). The number of unbranched alkanes of at least 4 members (excludes halogenated alkanes) is 33. The Bertz CT molecular complexity index is 1620. The monoisotopic (exact) mass is 1120 g/mol. The van der Waals surface area contributed by atoms with Crippen molar-refractivity contribution in [1.82, 2.24) is 0 Å². The van der Waals surface area contributed by atoms with Crippen LogP contribution in [0.25, 0.3) is 0 Å². The summed E-state index contributed by atoms with van der Waals surface area (Å²) in [5.74, 6) is -0.939. The highest BCUT2D eigenvalue weighted by molar-refractivity contribution is 5.71. The predicted octanol–water partition coefficient (Wildman–Crippen LogP) is 23.8. The van der Waals surface area contributed by atoms with Gasteiger partial charge in [-0.05, 0) is 128 Å². The molecular formula is C75H128O6. The van der Waals surface area contributed by atoms with E-state index in [-0.39, 0.29) is 37.5 Å². The quantitative estimate of drug-likeness (QED) is 0.0261. The molecule has 6 nitrogen and oxygen atoms in total.